The van der Waals surface area contributed by atoms with Crippen molar-refractivity contribution in [2.75, 3.05) is 19.8 Å². The summed E-state index contributed by atoms with van der Waals surface area (Å²) in [6.07, 6.45) is 0. The Morgan fingerprint density at radius 2 is 1.50 bits per heavy atom. The summed E-state index contributed by atoms with van der Waals surface area (Å²) in [7, 11) is -2.91. The Labute approximate surface area is 109 Å². The monoisotopic (exact) mass is 272 g/mol. The van der Waals surface area contributed by atoms with Crippen molar-refractivity contribution < 1.29 is 17.7 Å². The normalized spacial score (nSPS) is 11.8. The second-order valence-electron chi connectivity index (χ2n) is 3.81. The van der Waals surface area contributed by atoms with E-state index in [9.17, 15) is 4.39 Å². The van der Waals surface area contributed by atoms with Gasteiger partial charge in [-0.3, -0.25) is 0 Å². The maximum Gasteiger partial charge on any atom is 0.537 e. The molecule has 0 saturated carbocycles. The molecule has 5 heteroatoms. The Morgan fingerprint density at radius 3 is 1.89 bits per heavy atom. The molecule has 0 aliphatic rings. The average Bonchev–Trinajstić information content (AvgIpc) is 2.29. The number of rotatable bonds is 7. The zero-order valence-corrected chi connectivity index (χ0v) is 12.5. The van der Waals surface area contributed by atoms with Gasteiger partial charge >= 0.3 is 8.80 Å². The third-order valence-electron chi connectivity index (χ3n) is 2.52. The van der Waals surface area contributed by atoms with Crippen LogP contribution in [-0.4, -0.2) is 28.6 Å². The lowest BCUT2D eigenvalue weighted by atomic mass is 10.2. The minimum atomic E-state index is -2.91. The van der Waals surface area contributed by atoms with Gasteiger partial charge in [-0.15, -0.1) is 0 Å². The first-order chi connectivity index (χ1) is 8.59. The highest BCUT2D eigenvalue weighted by atomic mass is 28.4. The van der Waals surface area contributed by atoms with Crippen molar-refractivity contribution in [3.05, 3.63) is 29.6 Å². The van der Waals surface area contributed by atoms with Crippen LogP contribution >= 0.6 is 0 Å². The van der Waals surface area contributed by atoms with Gasteiger partial charge in [-0.25, -0.2) is 4.39 Å². The molecule has 0 bridgehead atoms. The molecule has 0 aliphatic carbocycles. The minimum absolute atomic E-state index is 0.261. The molecule has 0 aliphatic heterocycles. The van der Waals surface area contributed by atoms with E-state index in [0.717, 1.165) is 10.8 Å². The van der Waals surface area contributed by atoms with E-state index in [2.05, 4.69) is 0 Å². The summed E-state index contributed by atoms with van der Waals surface area (Å²) in [5.41, 5.74) is 0.803. The Balaban J connectivity index is 3.21. The van der Waals surface area contributed by atoms with Gasteiger partial charge in [-0.05, 0) is 45.4 Å². The second kappa shape index (κ2) is 6.99. The Bertz CT molecular complexity index is 367. The first-order valence-electron chi connectivity index (χ1n) is 6.28. The van der Waals surface area contributed by atoms with Crippen LogP contribution in [0.25, 0.3) is 0 Å². The number of halogens is 1. The van der Waals surface area contributed by atoms with Crippen molar-refractivity contribution in [2.45, 2.75) is 27.7 Å². The number of aryl methyl sites for hydroxylation is 1. The average molecular weight is 272 g/mol. The Kier molecular flexibility index (Phi) is 5.94. The lowest BCUT2D eigenvalue weighted by molar-refractivity contribution is 0.0858. The lowest BCUT2D eigenvalue weighted by Crippen LogP contribution is -2.57. The van der Waals surface area contributed by atoms with Crippen LogP contribution in [0.5, 0.6) is 0 Å². The van der Waals surface area contributed by atoms with E-state index in [0.29, 0.717) is 19.8 Å². The summed E-state index contributed by atoms with van der Waals surface area (Å²) in [5, 5.41) is 0.842. The topological polar surface area (TPSA) is 27.7 Å². The SMILES string of the molecule is CCO[Si](OCC)(OCC)c1ccc(F)cc1C. The van der Waals surface area contributed by atoms with Crippen LogP contribution in [0.4, 0.5) is 4.39 Å². The molecule has 0 aromatic heterocycles. The van der Waals surface area contributed by atoms with Crippen LogP contribution in [0, 0.1) is 12.7 Å². The molecular weight excluding hydrogens is 251 g/mol. The molecular formula is C13H21FO3Si. The summed E-state index contributed by atoms with van der Waals surface area (Å²) in [5.74, 6) is -0.261. The fraction of sp³-hybridized carbons (Fsp3) is 0.538. The molecule has 1 aromatic carbocycles. The second-order valence-corrected chi connectivity index (χ2v) is 6.33. The predicted octanol–water partition coefficient (Wildman–Crippen LogP) is 2.39. The van der Waals surface area contributed by atoms with E-state index in [-0.39, 0.29) is 5.82 Å². The van der Waals surface area contributed by atoms with Crippen molar-refractivity contribution in [1.82, 2.24) is 0 Å². The van der Waals surface area contributed by atoms with E-state index in [1.54, 1.807) is 6.07 Å². The van der Waals surface area contributed by atoms with Crippen molar-refractivity contribution in [3.8, 4) is 0 Å². The molecule has 0 saturated heterocycles. The molecule has 0 radical (unpaired) electrons. The van der Waals surface area contributed by atoms with Gasteiger partial charge in [0.1, 0.15) is 5.82 Å². The van der Waals surface area contributed by atoms with E-state index in [1.807, 2.05) is 27.7 Å². The molecule has 0 amide bonds. The molecule has 0 N–H and O–H groups in total. The van der Waals surface area contributed by atoms with Crippen molar-refractivity contribution >= 4 is 14.0 Å². The standard InChI is InChI=1S/C13H21FO3Si/c1-5-15-18(16-6-2,17-7-3)13-9-8-12(14)10-11(13)4/h8-10H,5-7H2,1-4H3. The smallest absolute Gasteiger partial charge is 0.370 e. The fourth-order valence-electron chi connectivity index (χ4n) is 1.90. The number of benzene rings is 1. The summed E-state index contributed by atoms with van der Waals surface area (Å²) >= 11 is 0. The van der Waals surface area contributed by atoms with Crippen molar-refractivity contribution in [2.24, 2.45) is 0 Å². The molecule has 0 unspecified atom stereocenters. The zero-order chi connectivity index (χ0) is 13.6. The van der Waals surface area contributed by atoms with Crippen molar-refractivity contribution in [3.63, 3.8) is 0 Å². The lowest BCUT2D eigenvalue weighted by Gasteiger charge is -2.29. The molecule has 3 nitrogen and oxygen atoms in total. The molecule has 0 atom stereocenters. The zero-order valence-electron chi connectivity index (χ0n) is 11.5. The first kappa shape index (κ1) is 15.3. The van der Waals surface area contributed by atoms with Gasteiger partial charge in [0.05, 0.1) is 0 Å². The summed E-state index contributed by atoms with van der Waals surface area (Å²) in [4.78, 5) is 0. The van der Waals surface area contributed by atoms with Gasteiger partial charge in [0.25, 0.3) is 0 Å². The van der Waals surface area contributed by atoms with Crippen LogP contribution in [0.3, 0.4) is 0 Å². The minimum Gasteiger partial charge on any atom is -0.370 e. The summed E-state index contributed by atoms with van der Waals surface area (Å²) in [6.45, 7) is 9.06. The van der Waals surface area contributed by atoms with Crippen LogP contribution < -0.4 is 5.19 Å². The Morgan fingerprint density at radius 1 is 1.00 bits per heavy atom. The maximum absolute atomic E-state index is 13.2. The molecule has 102 valence electrons. The highest BCUT2D eigenvalue weighted by Gasteiger charge is 2.44. The highest BCUT2D eigenvalue weighted by Crippen LogP contribution is 2.14. The van der Waals surface area contributed by atoms with Gasteiger partial charge in [0.15, 0.2) is 0 Å². The number of hydrogen-bond acceptors (Lipinski definition) is 3. The van der Waals surface area contributed by atoms with Crippen LogP contribution in [-0.2, 0) is 13.3 Å². The third kappa shape index (κ3) is 3.38. The van der Waals surface area contributed by atoms with E-state index in [4.69, 9.17) is 13.3 Å². The first-order valence-corrected chi connectivity index (χ1v) is 8.00. The van der Waals surface area contributed by atoms with Gasteiger partial charge in [0, 0.05) is 25.0 Å². The van der Waals surface area contributed by atoms with E-state index < -0.39 is 8.80 Å². The third-order valence-corrected chi connectivity index (χ3v) is 5.75. The highest BCUT2D eigenvalue weighted by molar-refractivity contribution is 6.75. The predicted molar refractivity (Wildman–Crippen MR) is 71.4 cm³/mol. The van der Waals surface area contributed by atoms with E-state index >= 15 is 0 Å². The van der Waals surface area contributed by atoms with Crippen LogP contribution in [0.2, 0.25) is 0 Å². The molecule has 0 heterocycles. The molecule has 0 fully saturated rings. The molecule has 18 heavy (non-hydrogen) atoms. The largest absolute Gasteiger partial charge is 0.537 e. The molecule has 1 rings (SSSR count). The van der Waals surface area contributed by atoms with Crippen molar-refractivity contribution in [1.29, 1.82) is 0 Å². The van der Waals surface area contributed by atoms with Gasteiger partial charge < -0.3 is 13.3 Å². The van der Waals surface area contributed by atoms with Crippen LogP contribution in [0.15, 0.2) is 18.2 Å². The van der Waals surface area contributed by atoms with Crippen LogP contribution in [0.1, 0.15) is 26.3 Å². The Hall–Kier alpha value is -0.753. The quantitative estimate of drug-likeness (QED) is 0.713. The summed E-state index contributed by atoms with van der Waals surface area (Å²) in [6, 6.07) is 4.60. The number of hydrogen-bond donors (Lipinski definition) is 0. The maximum atomic E-state index is 13.2. The van der Waals surface area contributed by atoms with Gasteiger partial charge in [-0.1, -0.05) is 6.07 Å². The molecule has 1 aromatic rings. The summed E-state index contributed by atoms with van der Waals surface area (Å²) < 4.78 is 30.6. The molecule has 0 spiro atoms. The fourth-order valence-corrected chi connectivity index (χ4v) is 4.60. The van der Waals surface area contributed by atoms with Gasteiger partial charge in [0.2, 0.25) is 0 Å². The van der Waals surface area contributed by atoms with Gasteiger partial charge in [-0.2, -0.15) is 0 Å². The van der Waals surface area contributed by atoms with E-state index in [1.165, 1.54) is 12.1 Å².